The smallest absolute Gasteiger partial charge is 0.248 e. The Morgan fingerprint density at radius 2 is 1.75 bits per heavy atom. The lowest BCUT2D eigenvalue weighted by atomic mass is 9.86. The van der Waals surface area contributed by atoms with Gasteiger partial charge in [-0.25, -0.2) is 8.78 Å². The van der Waals surface area contributed by atoms with E-state index in [-0.39, 0.29) is 24.7 Å². The van der Waals surface area contributed by atoms with Crippen molar-refractivity contribution in [1.82, 2.24) is 10.2 Å². The summed E-state index contributed by atoms with van der Waals surface area (Å²) in [5.74, 6) is -2.63. The number of rotatable bonds is 1. The molecule has 0 spiro atoms. The molecule has 0 aromatic carbocycles. The number of alkyl halides is 2. The molecular weight excluding hydrogens is 214 g/mol. The normalized spacial score (nSPS) is 26.8. The molecule has 2 rings (SSSR count). The van der Waals surface area contributed by atoms with Gasteiger partial charge in [-0.2, -0.15) is 0 Å². The fraction of sp³-hybridized carbons (Fsp3) is 0.909. The summed E-state index contributed by atoms with van der Waals surface area (Å²) in [5.41, 5.74) is 0. The SMILES string of the molecule is O=C(C1CCC(F)(F)CC1)N1CCNCC1. The number of halogens is 2. The van der Waals surface area contributed by atoms with Gasteiger partial charge in [0.25, 0.3) is 0 Å². The predicted octanol–water partition coefficient (Wildman–Crippen LogP) is 1.24. The van der Waals surface area contributed by atoms with Gasteiger partial charge in [0.1, 0.15) is 0 Å². The molecule has 1 aliphatic carbocycles. The highest BCUT2D eigenvalue weighted by Crippen LogP contribution is 2.36. The Balaban J connectivity index is 1.86. The standard InChI is InChI=1S/C11H18F2N2O/c12-11(13)3-1-9(2-4-11)10(16)15-7-5-14-6-8-15/h9,14H,1-8H2. The number of hydrogen-bond acceptors (Lipinski definition) is 2. The number of carbonyl (C=O) groups is 1. The molecule has 2 aliphatic rings. The van der Waals surface area contributed by atoms with Crippen molar-refractivity contribution in [1.29, 1.82) is 0 Å². The largest absolute Gasteiger partial charge is 0.340 e. The second-order valence-corrected chi connectivity index (χ2v) is 4.71. The van der Waals surface area contributed by atoms with Crippen molar-refractivity contribution >= 4 is 5.91 Å². The van der Waals surface area contributed by atoms with Crippen molar-refractivity contribution in [3.63, 3.8) is 0 Å². The molecule has 1 saturated carbocycles. The maximum Gasteiger partial charge on any atom is 0.248 e. The van der Waals surface area contributed by atoms with Gasteiger partial charge in [0.05, 0.1) is 0 Å². The van der Waals surface area contributed by atoms with Crippen molar-refractivity contribution in [2.45, 2.75) is 31.6 Å². The number of piperazine rings is 1. The molecule has 3 nitrogen and oxygen atoms in total. The molecule has 1 aliphatic heterocycles. The average Bonchev–Trinajstić information content (AvgIpc) is 2.29. The van der Waals surface area contributed by atoms with E-state index in [0.29, 0.717) is 25.9 Å². The zero-order valence-corrected chi connectivity index (χ0v) is 9.35. The minimum absolute atomic E-state index is 0.0806. The zero-order chi connectivity index (χ0) is 11.6. The van der Waals surface area contributed by atoms with Crippen LogP contribution in [0.1, 0.15) is 25.7 Å². The highest BCUT2D eigenvalue weighted by atomic mass is 19.3. The molecule has 2 fully saturated rings. The lowest BCUT2D eigenvalue weighted by molar-refractivity contribution is -0.140. The highest BCUT2D eigenvalue weighted by molar-refractivity contribution is 5.79. The van der Waals surface area contributed by atoms with Gasteiger partial charge < -0.3 is 10.2 Å². The number of amides is 1. The third-order valence-electron chi connectivity index (χ3n) is 3.50. The van der Waals surface area contributed by atoms with Gasteiger partial charge >= 0.3 is 0 Å². The summed E-state index contributed by atoms with van der Waals surface area (Å²) in [6.07, 6.45) is 0.427. The number of carbonyl (C=O) groups excluding carboxylic acids is 1. The third-order valence-corrected chi connectivity index (χ3v) is 3.50. The molecule has 5 heteroatoms. The van der Waals surface area contributed by atoms with Crippen molar-refractivity contribution in [2.75, 3.05) is 26.2 Å². The molecule has 0 atom stereocenters. The fourth-order valence-electron chi connectivity index (χ4n) is 2.43. The van der Waals surface area contributed by atoms with Gasteiger partial charge in [-0.1, -0.05) is 0 Å². The molecule has 1 N–H and O–H groups in total. The lowest BCUT2D eigenvalue weighted by Gasteiger charge is -2.34. The molecule has 0 unspecified atom stereocenters. The summed E-state index contributed by atoms with van der Waals surface area (Å²) in [4.78, 5) is 13.8. The second kappa shape index (κ2) is 4.65. The third kappa shape index (κ3) is 2.70. The quantitative estimate of drug-likeness (QED) is 0.738. The van der Waals surface area contributed by atoms with E-state index in [1.807, 2.05) is 4.90 Å². The fourth-order valence-corrected chi connectivity index (χ4v) is 2.43. The van der Waals surface area contributed by atoms with E-state index in [0.717, 1.165) is 13.1 Å². The Hall–Kier alpha value is -0.710. The van der Waals surface area contributed by atoms with E-state index in [1.165, 1.54) is 0 Å². The Morgan fingerprint density at radius 3 is 2.31 bits per heavy atom. The number of hydrogen-bond donors (Lipinski definition) is 1. The van der Waals surface area contributed by atoms with E-state index in [4.69, 9.17) is 0 Å². The molecule has 1 heterocycles. The minimum atomic E-state index is -2.54. The van der Waals surface area contributed by atoms with Gasteiger partial charge in [0, 0.05) is 44.9 Å². The molecular formula is C11H18F2N2O. The summed E-state index contributed by atoms with van der Waals surface area (Å²) in [5, 5.41) is 3.17. The van der Waals surface area contributed by atoms with Crippen molar-refractivity contribution < 1.29 is 13.6 Å². The summed E-state index contributed by atoms with van der Waals surface area (Å²) in [6, 6.07) is 0. The van der Waals surface area contributed by atoms with Crippen molar-refractivity contribution in [2.24, 2.45) is 5.92 Å². The molecule has 16 heavy (non-hydrogen) atoms. The summed E-state index contributed by atoms with van der Waals surface area (Å²) >= 11 is 0. The summed E-state index contributed by atoms with van der Waals surface area (Å²) in [6.45, 7) is 3.06. The van der Waals surface area contributed by atoms with Crippen LogP contribution in [-0.4, -0.2) is 42.9 Å². The van der Waals surface area contributed by atoms with E-state index in [1.54, 1.807) is 0 Å². The molecule has 0 aromatic heterocycles. The van der Waals surface area contributed by atoms with Crippen LogP contribution in [0.4, 0.5) is 8.78 Å². The van der Waals surface area contributed by atoms with Crippen LogP contribution in [0.25, 0.3) is 0 Å². The molecule has 0 aromatic rings. The number of nitrogens with one attached hydrogen (secondary N) is 1. The Bertz CT molecular complexity index is 255. The first kappa shape index (κ1) is 11.8. The molecule has 92 valence electrons. The predicted molar refractivity (Wildman–Crippen MR) is 56.4 cm³/mol. The van der Waals surface area contributed by atoms with Crippen LogP contribution in [-0.2, 0) is 4.79 Å². The van der Waals surface area contributed by atoms with Crippen LogP contribution in [0.3, 0.4) is 0 Å². The molecule has 1 amide bonds. The van der Waals surface area contributed by atoms with E-state index >= 15 is 0 Å². The lowest BCUT2D eigenvalue weighted by Crippen LogP contribution is -2.49. The average molecular weight is 232 g/mol. The summed E-state index contributed by atoms with van der Waals surface area (Å²) in [7, 11) is 0. The van der Waals surface area contributed by atoms with Crippen molar-refractivity contribution in [3.05, 3.63) is 0 Å². The molecule has 1 saturated heterocycles. The Kier molecular flexibility index (Phi) is 3.42. The molecule has 0 bridgehead atoms. The van der Waals surface area contributed by atoms with Crippen molar-refractivity contribution in [3.8, 4) is 0 Å². The topological polar surface area (TPSA) is 32.3 Å². The van der Waals surface area contributed by atoms with Crippen LogP contribution in [0.5, 0.6) is 0 Å². The van der Waals surface area contributed by atoms with Crippen LogP contribution >= 0.6 is 0 Å². The number of nitrogens with zero attached hydrogens (tertiary/aromatic N) is 1. The van der Waals surface area contributed by atoms with Gasteiger partial charge in [-0.15, -0.1) is 0 Å². The second-order valence-electron chi connectivity index (χ2n) is 4.71. The minimum Gasteiger partial charge on any atom is -0.340 e. The zero-order valence-electron chi connectivity index (χ0n) is 9.35. The van der Waals surface area contributed by atoms with Gasteiger partial charge in [0.15, 0.2) is 0 Å². The van der Waals surface area contributed by atoms with E-state index in [9.17, 15) is 13.6 Å². The van der Waals surface area contributed by atoms with Crippen LogP contribution in [0.2, 0.25) is 0 Å². The van der Waals surface area contributed by atoms with Gasteiger partial charge in [-0.3, -0.25) is 4.79 Å². The molecule has 0 radical (unpaired) electrons. The van der Waals surface area contributed by atoms with Gasteiger partial charge in [0.2, 0.25) is 11.8 Å². The monoisotopic (exact) mass is 232 g/mol. The van der Waals surface area contributed by atoms with Crippen LogP contribution in [0.15, 0.2) is 0 Å². The summed E-state index contributed by atoms with van der Waals surface area (Å²) < 4.78 is 25.9. The van der Waals surface area contributed by atoms with E-state index < -0.39 is 5.92 Å². The maximum atomic E-state index is 12.9. The van der Waals surface area contributed by atoms with Crippen LogP contribution < -0.4 is 5.32 Å². The first-order valence-electron chi connectivity index (χ1n) is 5.96. The van der Waals surface area contributed by atoms with Gasteiger partial charge in [-0.05, 0) is 12.8 Å². The van der Waals surface area contributed by atoms with E-state index in [2.05, 4.69) is 5.32 Å². The highest BCUT2D eigenvalue weighted by Gasteiger charge is 2.38. The Morgan fingerprint density at radius 1 is 1.19 bits per heavy atom. The Labute approximate surface area is 94.2 Å². The van der Waals surface area contributed by atoms with Crippen LogP contribution in [0, 0.1) is 5.92 Å². The maximum absolute atomic E-state index is 12.9. The first-order valence-corrected chi connectivity index (χ1v) is 5.96. The first-order chi connectivity index (χ1) is 7.58.